The van der Waals surface area contributed by atoms with Crippen molar-refractivity contribution in [3.63, 3.8) is 0 Å². The monoisotopic (exact) mass is 437 g/mol. The van der Waals surface area contributed by atoms with E-state index in [1.165, 1.54) is 32.1 Å². The zero-order valence-corrected chi connectivity index (χ0v) is 19.3. The minimum atomic E-state index is -0.122. The summed E-state index contributed by atoms with van der Waals surface area (Å²) in [6.45, 7) is 8.70. The molecule has 0 radical (unpaired) electrons. The topological polar surface area (TPSA) is 70.3 Å². The Morgan fingerprint density at radius 3 is 2.68 bits per heavy atom. The molecule has 0 amide bonds. The Kier molecular flexibility index (Phi) is 7.78. The number of nitrogens with zero attached hydrogens (tertiary/aromatic N) is 2. The summed E-state index contributed by atoms with van der Waals surface area (Å²) in [5.41, 5.74) is 3.76. The van der Waals surface area contributed by atoms with Gasteiger partial charge in [0.1, 0.15) is 0 Å². The first-order chi connectivity index (χ1) is 15.3. The van der Waals surface area contributed by atoms with E-state index in [1.54, 1.807) is 0 Å². The summed E-state index contributed by atoms with van der Waals surface area (Å²) >= 11 is 0. The van der Waals surface area contributed by atoms with Gasteiger partial charge in [-0.05, 0) is 44.4 Å². The van der Waals surface area contributed by atoms with Crippen molar-refractivity contribution in [3.05, 3.63) is 0 Å². The molecule has 4 aliphatic heterocycles. The average molecular weight is 438 g/mol. The third kappa shape index (κ3) is 5.61. The molecule has 31 heavy (non-hydrogen) atoms. The molecule has 1 aliphatic carbocycles. The second kappa shape index (κ2) is 10.7. The number of ether oxygens (including phenoxy) is 3. The Morgan fingerprint density at radius 1 is 0.968 bits per heavy atom. The van der Waals surface area contributed by atoms with Crippen molar-refractivity contribution in [3.8, 4) is 0 Å². The fraction of sp³-hybridized carbons (Fsp3) is 1.00. The van der Waals surface area contributed by atoms with Gasteiger partial charge in [-0.25, -0.2) is 5.01 Å². The molecule has 0 bridgehead atoms. The predicted octanol–water partition coefficient (Wildman–Crippen LogP) is 1.23. The summed E-state index contributed by atoms with van der Waals surface area (Å²) in [6, 6.07) is 1.60. The highest BCUT2D eigenvalue weighted by atomic mass is 16.6. The van der Waals surface area contributed by atoms with Crippen LogP contribution >= 0.6 is 0 Å². The molecule has 178 valence electrons. The molecule has 0 aromatic rings. The van der Waals surface area contributed by atoms with Gasteiger partial charge < -0.3 is 14.2 Å². The van der Waals surface area contributed by atoms with E-state index in [1.807, 2.05) is 0 Å². The summed E-state index contributed by atoms with van der Waals surface area (Å²) in [7, 11) is 0. The number of hydrazine groups is 1. The van der Waals surface area contributed by atoms with E-state index in [2.05, 4.69) is 32.9 Å². The molecule has 0 aromatic heterocycles. The van der Waals surface area contributed by atoms with E-state index < -0.39 is 0 Å². The van der Waals surface area contributed by atoms with Gasteiger partial charge in [0.2, 0.25) is 0 Å². The van der Waals surface area contributed by atoms with Crippen LogP contribution in [0, 0.1) is 5.92 Å². The molecule has 4 saturated heterocycles. The Balaban J connectivity index is 1.25. The van der Waals surface area contributed by atoms with Crippen molar-refractivity contribution in [2.75, 3.05) is 46.1 Å². The van der Waals surface area contributed by atoms with Crippen molar-refractivity contribution < 1.29 is 14.2 Å². The summed E-state index contributed by atoms with van der Waals surface area (Å²) in [4.78, 5) is 2.55. The SMILES string of the molecule is CC1CCCC(N2NCCC2C2CC(N3CCOCC3)NC(OCC3CCCO3)N2)C1. The van der Waals surface area contributed by atoms with Crippen molar-refractivity contribution in [1.82, 2.24) is 26.0 Å². The fourth-order valence-corrected chi connectivity index (χ4v) is 6.33. The van der Waals surface area contributed by atoms with E-state index in [-0.39, 0.29) is 12.5 Å². The van der Waals surface area contributed by atoms with Gasteiger partial charge in [0, 0.05) is 44.4 Å². The van der Waals surface area contributed by atoms with Crippen LogP contribution in [0.4, 0.5) is 0 Å². The third-order valence-electron chi connectivity index (χ3n) is 8.00. The van der Waals surface area contributed by atoms with Crippen LogP contribution in [-0.4, -0.2) is 92.7 Å². The highest BCUT2D eigenvalue weighted by molar-refractivity contribution is 4.97. The van der Waals surface area contributed by atoms with Gasteiger partial charge in [-0.1, -0.05) is 19.8 Å². The molecule has 8 heteroatoms. The molecule has 8 nitrogen and oxygen atoms in total. The number of hydrogen-bond donors (Lipinski definition) is 3. The average Bonchev–Trinajstić information content (AvgIpc) is 3.50. The molecular weight excluding hydrogens is 394 g/mol. The van der Waals surface area contributed by atoms with Gasteiger partial charge in [-0.2, -0.15) is 0 Å². The maximum Gasteiger partial charge on any atom is 0.165 e. The normalized spacial score (nSPS) is 43.5. The first kappa shape index (κ1) is 22.5. The van der Waals surface area contributed by atoms with Crippen LogP contribution in [0.2, 0.25) is 0 Å². The Labute approximate surface area is 187 Å². The van der Waals surface area contributed by atoms with Crippen LogP contribution in [0.15, 0.2) is 0 Å². The minimum absolute atomic E-state index is 0.122. The first-order valence-corrected chi connectivity index (χ1v) is 12.8. The molecule has 5 fully saturated rings. The second-order valence-corrected chi connectivity index (χ2v) is 10.3. The minimum Gasteiger partial charge on any atom is -0.379 e. The Morgan fingerprint density at radius 2 is 1.87 bits per heavy atom. The van der Waals surface area contributed by atoms with Crippen LogP contribution in [0.3, 0.4) is 0 Å². The molecule has 1 saturated carbocycles. The second-order valence-electron chi connectivity index (χ2n) is 10.3. The predicted molar refractivity (Wildman–Crippen MR) is 119 cm³/mol. The molecule has 7 unspecified atom stereocenters. The van der Waals surface area contributed by atoms with Crippen LogP contribution in [0.25, 0.3) is 0 Å². The molecule has 5 aliphatic rings. The van der Waals surface area contributed by atoms with Crippen molar-refractivity contribution in [2.45, 2.75) is 95.0 Å². The summed E-state index contributed by atoms with van der Waals surface area (Å²) < 4.78 is 17.7. The molecule has 0 spiro atoms. The smallest absolute Gasteiger partial charge is 0.165 e. The number of hydrogen-bond acceptors (Lipinski definition) is 8. The molecule has 5 rings (SSSR count). The maximum absolute atomic E-state index is 6.33. The van der Waals surface area contributed by atoms with Crippen LogP contribution in [-0.2, 0) is 14.2 Å². The van der Waals surface area contributed by atoms with Crippen molar-refractivity contribution in [2.24, 2.45) is 5.92 Å². The lowest BCUT2D eigenvalue weighted by atomic mass is 9.85. The Bertz CT molecular complexity index is 557. The highest BCUT2D eigenvalue weighted by Crippen LogP contribution is 2.32. The van der Waals surface area contributed by atoms with Gasteiger partial charge >= 0.3 is 0 Å². The summed E-state index contributed by atoms with van der Waals surface area (Å²) in [5, 5.41) is 10.2. The number of nitrogens with one attached hydrogen (secondary N) is 3. The zero-order chi connectivity index (χ0) is 21.0. The van der Waals surface area contributed by atoms with Crippen molar-refractivity contribution >= 4 is 0 Å². The first-order valence-electron chi connectivity index (χ1n) is 12.8. The van der Waals surface area contributed by atoms with Gasteiger partial charge in [0.25, 0.3) is 0 Å². The van der Waals surface area contributed by atoms with Gasteiger partial charge in [-0.15, -0.1) is 0 Å². The molecule has 3 N–H and O–H groups in total. The molecule has 4 heterocycles. The van der Waals surface area contributed by atoms with E-state index in [0.29, 0.717) is 30.9 Å². The lowest BCUT2D eigenvalue weighted by molar-refractivity contribution is -0.102. The van der Waals surface area contributed by atoms with Gasteiger partial charge in [-0.3, -0.25) is 21.0 Å². The van der Waals surface area contributed by atoms with Crippen LogP contribution < -0.4 is 16.1 Å². The van der Waals surface area contributed by atoms with Gasteiger partial charge in [0.05, 0.1) is 32.1 Å². The van der Waals surface area contributed by atoms with Gasteiger partial charge in [0.15, 0.2) is 6.35 Å². The van der Waals surface area contributed by atoms with Crippen LogP contribution in [0.1, 0.15) is 58.3 Å². The van der Waals surface area contributed by atoms with E-state index in [0.717, 1.165) is 64.6 Å². The molecule has 0 aromatic carbocycles. The van der Waals surface area contributed by atoms with Crippen LogP contribution in [0.5, 0.6) is 0 Å². The Hall–Kier alpha value is -0.320. The molecule has 7 atom stereocenters. The van der Waals surface area contributed by atoms with E-state index in [4.69, 9.17) is 14.2 Å². The summed E-state index contributed by atoms with van der Waals surface area (Å²) in [5.74, 6) is 0.839. The third-order valence-corrected chi connectivity index (χ3v) is 8.00. The highest BCUT2D eigenvalue weighted by Gasteiger charge is 2.42. The largest absolute Gasteiger partial charge is 0.379 e. The number of morpholine rings is 1. The standard InChI is InChI=1S/C23H43N5O3/c1-17-4-2-5-18(14-17)28-21(7-8-24-28)20-15-22(27-9-12-29-13-10-27)26-23(25-20)31-16-19-6-3-11-30-19/h17-26H,2-16H2,1H3. The lowest BCUT2D eigenvalue weighted by Gasteiger charge is -2.47. The maximum atomic E-state index is 6.33. The quantitative estimate of drug-likeness (QED) is 0.573. The fourth-order valence-electron chi connectivity index (χ4n) is 6.33. The van der Waals surface area contributed by atoms with E-state index >= 15 is 0 Å². The zero-order valence-electron chi connectivity index (χ0n) is 19.3. The lowest BCUT2D eigenvalue weighted by Crippen LogP contribution is -2.69. The molecular formula is C23H43N5O3. The number of rotatable bonds is 6. The summed E-state index contributed by atoms with van der Waals surface area (Å²) in [6.07, 6.45) is 10.4. The van der Waals surface area contributed by atoms with E-state index in [9.17, 15) is 0 Å². The van der Waals surface area contributed by atoms with Crippen molar-refractivity contribution in [1.29, 1.82) is 0 Å².